The molecule has 0 atom stereocenters. The van der Waals surface area contributed by atoms with Crippen LogP contribution in [0.5, 0.6) is 0 Å². The van der Waals surface area contributed by atoms with Gasteiger partial charge >= 0.3 is 0 Å². The third kappa shape index (κ3) is 4.21. The first-order valence-electron chi connectivity index (χ1n) is 7.91. The number of hydrogen-bond acceptors (Lipinski definition) is 5. The number of rotatable bonds is 5. The molecule has 0 bridgehead atoms. The number of carbonyl (C=O) groups is 2. The number of aromatic nitrogens is 2. The van der Waals surface area contributed by atoms with E-state index in [9.17, 15) is 9.59 Å². The Labute approximate surface area is 150 Å². The maximum atomic E-state index is 12.3. The Kier molecular flexibility index (Phi) is 5.19. The fraction of sp³-hybridized carbons (Fsp3) is 0.0526. The molecule has 0 saturated heterocycles. The van der Waals surface area contributed by atoms with Crippen molar-refractivity contribution in [2.45, 2.75) is 6.54 Å². The molecule has 7 nitrogen and oxygen atoms in total. The highest BCUT2D eigenvalue weighted by Gasteiger charge is 2.09. The van der Waals surface area contributed by atoms with Gasteiger partial charge in [0.1, 0.15) is 0 Å². The first kappa shape index (κ1) is 17.1. The smallest absolute Gasteiger partial charge is 0.255 e. The summed E-state index contributed by atoms with van der Waals surface area (Å²) in [7, 11) is 0. The Bertz CT molecular complexity index is 911. The van der Waals surface area contributed by atoms with Crippen molar-refractivity contribution in [3.63, 3.8) is 0 Å². The third-order valence-electron chi connectivity index (χ3n) is 3.71. The van der Waals surface area contributed by atoms with Gasteiger partial charge < -0.3 is 16.4 Å². The molecule has 0 aliphatic carbocycles. The molecule has 0 radical (unpaired) electrons. The summed E-state index contributed by atoms with van der Waals surface area (Å²) in [6, 6.07) is 11.9. The lowest BCUT2D eigenvalue weighted by atomic mass is 10.1. The summed E-state index contributed by atoms with van der Waals surface area (Å²) in [6.07, 6.45) is 6.17. The monoisotopic (exact) mass is 347 g/mol. The minimum absolute atomic E-state index is 0.178. The van der Waals surface area contributed by atoms with Crippen LogP contribution >= 0.6 is 0 Å². The molecule has 3 rings (SSSR count). The van der Waals surface area contributed by atoms with Crippen LogP contribution in [-0.4, -0.2) is 21.8 Å². The standard InChI is InChI=1S/C19H17N5O2/c20-16-12-22-10-7-17(16)24-19(26)14-3-1-13(2-4-14)11-23-18(25)15-5-8-21-9-6-15/h1-10,12H,11,20H2,(H,23,25)(H,22,24,26). The van der Waals surface area contributed by atoms with Crippen LogP contribution in [0.25, 0.3) is 0 Å². The first-order valence-corrected chi connectivity index (χ1v) is 7.91. The van der Waals surface area contributed by atoms with Crippen LogP contribution < -0.4 is 16.4 Å². The summed E-state index contributed by atoms with van der Waals surface area (Å²) in [6.45, 7) is 0.361. The zero-order chi connectivity index (χ0) is 18.4. The van der Waals surface area contributed by atoms with Crippen molar-refractivity contribution < 1.29 is 9.59 Å². The lowest BCUT2D eigenvalue weighted by Gasteiger charge is -2.09. The molecule has 0 fully saturated rings. The van der Waals surface area contributed by atoms with Crippen molar-refractivity contribution in [2.24, 2.45) is 0 Å². The van der Waals surface area contributed by atoms with Gasteiger partial charge in [-0.05, 0) is 35.9 Å². The fourth-order valence-corrected chi connectivity index (χ4v) is 2.28. The number of nitrogens with two attached hydrogens (primary N) is 1. The summed E-state index contributed by atoms with van der Waals surface area (Å²) in [5, 5.41) is 5.56. The number of hydrogen-bond donors (Lipinski definition) is 3. The average molecular weight is 347 g/mol. The Balaban J connectivity index is 1.59. The average Bonchev–Trinajstić information content (AvgIpc) is 2.69. The zero-order valence-corrected chi connectivity index (χ0v) is 13.8. The molecule has 7 heteroatoms. The van der Waals surface area contributed by atoms with E-state index in [-0.39, 0.29) is 11.8 Å². The van der Waals surface area contributed by atoms with E-state index < -0.39 is 0 Å². The van der Waals surface area contributed by atoms with E-state index >= 15 is 0 Å². The number of nitrogen functional groups attached to an aromatic ring is 1. The van der Waals surface area contributed by atoms with Gasteiger partial charge in [-0.3, -0.25) is 19.6 Å². The molecule has 26 heavy (non-hydrogen) atoms. The molecular formula is C19H17N5O2. The summed E-state index contributed by atoms with van der Waals surface area (Å²) in [5.74, 6) is -0.447. The molecule has 2 aromatic heterocycles. The number of benzene rings is 1. The third-order valence-corrected chi connectivity index (χ3v) is 3.71. The van der Waals surface area contributed by atoms with E-state index in [0.29, 0.717) is 29.0 Å². The number of anilines is 2. The number of pyridine rings is 2. The summed E-state index contributed by atoms with van der Waals surface area (Å²) >= 11 is 0. The quantitative estimate of drug-likeness (QED) is 0.656. The Morgan fingerprint density at radius 3 is 2.19 bits per heavy atom. The van der Waals surface area contributed by atoms with Crippen LogP contribution in [0.4, 0.5) is 11.4 Å². The number of carbonyl (C=O) groups excluding carboxylic acids is 2. The van der Waals surface area contributed by atoms with Gasteiger partial charge in [-0.25, -0.2) is 0 Å². The molecule has 0 saturated carbocycles. The highest BCUT2D eigenvalue weighted by molar-refractivity contribution is 6.05. The van der Waals surface area contributed by atoms with Gasteiger partial charge in [-0.1, -0.05) is 12.1 Å². The highest BCUT2D eigenvalue weighted by atomic mass is 16.2. The SMILES string of the molecule is Nc1cnccc1NC(=O)c1ccc(CNC(=O)c2ccncc2)cc1. The summed E-state index contributed by atoms with van der Waals surface area (Å²) in [5.41, 5.74) is 8.60. The van der Waals surface area contributed by atoms with Gasteiger partial charge in [0.05, 0.1) is 17.6 Å². The van der Waals surface area contributed by atoms with Crippen molar-refractivity contribution >= 4 is 23.2 Å². The van der Waals surface area contributed by atoms with Crippen LogP contribution in [-0.2, 0) is 6.54 Å². The van der Waals surface area contributed by atoms with Crippen molar-refractivity contribution in [2.75, 3.05) is 11.1 Å². The lowest BCUT2D eigenvalue weighted by molar-refractivity contribution is 0.0949. The minimum atomic E-state index is -0.268. The molecule has 0 spiro atoms. The van der Waals surface area contributed by atoms with Gasteiger partial charge in [-0.2, -0.15) is 0 Å². The second-order valence-corrected chi connectivity index (χ2v) is 5.53. The van der Waals surface area contributed by atoms with E-state index in [1.807, 2.05) is 0 Å². The van der Waals surface area contributed by atoms with Gasteiger partial charge in [0.25, 0.3) is 11.8 Å². The summed E-state index contributed by atoms with van der Waals surface area (Å²) in [4.78, 5) is 32.0. The van der Waals surface area contributed by atoms with Crippen molar-refractivity contribution in [1.82, 2.24) is 15.3 Å². The molecule has 2 amide bonds. The van der Waals surface area contributed by atoms with Crippen LogP contribution in [0, 0.1) is 0 Å². The molecule has 130 valence electrons. The molecule has 3 aromatic rings. The number of nitrogens with zero attached hydrogens (tertiary/aromatic N) is 2. The minimum Gasteiger partial charge on any atom is -0.396 e. The van der Waals surface area contributed by atoms with Gasteiger partial charge in [0.15, 0.2) is 0 Å². The maximum absolute atomic E-state index is 12.3. The molecule has 0 aliphatic heterocycles. The Morgan fingerprint density at radius 1 is 0.846 bits per heavy atom. The van der Waals surface area contributed by atoms with Crippen LogP contribution in [0.3, 0.4) is 0 Å². The maximum Gasteiger partial charge on any atom is 0.255 e. The van der Waals surface area contributed by atoms with Gasteiger partial charge in [0, 0.05) is 36.3 Å². The Hall–Kier alpha value is -3.74. The van der Waals surface area contributed by atoms with Crippen LogP contribution in [0.1, 0.15) is 26.3 Å². The lowest BCUT2D eigenvalue weighted by Crippen LogP contribution is -2.22. The van der Waals surface area contributed by atoms with E-state index in [4.69, 9.17) is 5.73 Å². The fourth-order valence-electron chi connectivity index (χ4n) is 2.28. The first-order chi connectivity index (χ1) is 12.6. The topological polar surface area (TPSA) is 110 Å². The van der Waals surface area contributed by atoms with E-state index in [1.54, 1.807) is 61.1 Å². The van der Waals surface area contributed by atoms with Gasteiger partial charge in [-0.15, -0.1) is 0 Å². The largest absolute Gasteiger partial charge is 0.396 e. The normalized spacial score (nSPS) is 10.2. The molecule has 0 aliphatic rings. The van der Waals surface area contributed by atoms with Crippen molar-refractivity contribution in [3.8, 4) is 0 Å². The van der Waals surface area contributed by atoms with Crippen LogP contribution in [0.2, 0.25) is 0 Å². The van der Waals surface area contributed by atoms with Crippen molar-refractivity contribution in [3.05, 3.63) is 83.9 Å². The molecular weight excluding hydrogens is 330 g/mol. The van der Waals surface area contributed by atoms with Crippen LogP contribution in [0.15, 0.2) is 67.3 Å². The summed E-state index contributed by atoms with van der Waals surface area (Å²) < 4.78 is 0. The second-order valence-electron chi connectivity index (χ2n) is 5.53. The molecule has 0 unspecified atom stereocenters. The predicted molar refractivity (Wildman–Crippen MR) is 98.5 cm³/mol. The second kappa shape index (κ2) is 7.89. The van der Waals surface area contributed by atoms with E-state index in [1.165, 1.54) is 6.20 Å². The predicted octanol–water partition coefficient (Wildman–Crippen LogP) is 2.24. The highest BCUT2D eigenvalue weighted by Crippen LogP contribution is 2.16. The number of nitrogens with one attached hydrogen (secondary N) is 2. The van der Waals surface area contributed by atoms with Gasteiger partial charge in [0.2, 0.25) is 0 Å². The Morgan fingerprint density at radius 2 is 1.50 bits per heavy atom. The van der Waals surface area contributed by atoms with E-state index in [2.05, 4.69) is 20.6 Å². The number of amides is 2. The molecule has 4 N–H and O–H groups in total. The van der Waals surface area contributed by atoms with Crippen molar-refractivity contribution in [1.29, 1.82) is 0 Å². The molecule has 2 heterocycles. The van der Waals surface area contributed by atoms with E-state index in [0.717, 1.165) is 5.56 Å². The zero-order valence-electron chi connectivity index (χ0n) is 13.8. The molecule has 1 aromatic carbocycles.